The first-order valence-corrected chi connectivity index (χ1v) is 19.2. The number of hydrogen-bond donors (Lipinski definition) is 0. The van der Waals surface area contributed by atoms with E-state index in [0.29, 0.717) is 23.9 Å². The molecule has 3 heterocycles. The zero-order valence-corrected chi connectivity index (χ0v) is 30.9. The molecular weight excluding hydrogens is 697 g/mol. The molecule has 0 saturated carbocycles. The third kappa shape index (κ3) is 5.85. The molecular formula is C52H34N4O. The van der Waals surface area contributed by atoms with Crippen LogP contribution in [0.4, 0.5) is 0 Å². The topological polar surface area (TPSA) is 56.7 Å². The van der Waals surface area contributed by atoms with Crippen LogP contribution >= 0.6 is 0 Å². The lowest BCUT2D eigenvalue weighted by Crippen LogP contribution is -2.04. The number of rotatable bonds is 7. The molecule has 0 aliphatic rings. The molecule has 57 heavy (non-hydrogen) atoms. The molecule has 0 spiro atoms. The van der Waals surface area contributed by atoms with Crippen LogP contribution in [0.1, 0.15) is 11.4 Å². The molecule has 0 bridgehead atoms. The van der Waals surface area contributed by atoms with E-state index in [1.165, 1.54) is 21.9 Å². The van der Waals surface area contributed by atoms with E-state index in [4.69, 9.17) is 19.4 Å². The van der Waals surface area contributed by atoms with Crippen molar-refractivity contribution in [3.63, 3.8) is 0 Å². The number of nitrogens with zero attached hydrogens (tertiary/aromatic N) is 4. The third-order valence-corrected chi connectivity index (χ3v) is 10.9. The highest BCUT2D eigenvalue weighted by Gasteiger charge is 2.21. The van der Waals surface area contributed by atoms with E-state index in [2.05, 4.69) is 168 Å². The van der Waals surface area contributed by atoms with Crippen LogP contribution in [0.3, 0.4) is 0 Å². The number of hydrogen-bond acceptors (Lipinski definition) is 4. The predicted molar refractivity (Wildman–Crippen MR) is 232 cm³/mol. The van der Waals surface area contributed by atoms with Gasteiger partial charge in [-0.05, 0) is 70.3 Å². The summed E-state index contributed by atoms with van der Waals surface area (Å²) in [5.41, 5.74) is 12.4. The van der Waals surface area contributed by atoms with Gasteiger partial charge >= 0.3 is 0 Å². The first kappa shape index (κ1) is 32.8. The molecule has 0 aliphatic carbocycles. The lowest BCUT2D eigenvalue weighted by molar-refractivity contribution is 0.669. The summed E-state index contributed by atoms with van der Waals surface area (Å²) in [6.07, 6.45) is 0.576. The highest BCUT2D eigenvalue weighted by Crippen LogP contribution is 2.42. The SMILES string of the molecule is c1ccc(Cc2nc(-c3ccccc3)nc(-c3cc(-c4ccccc4)cc4oc5ccc(-n6c7ccccc7c7ccc(-c8ccccc8)cc76)cc5c34)n2)cc1. The summed E-state index contributed by atoms with van der Waals surface area (Å²) in [5.74, 6) is 1.95. The van der Waals surface area contributed by atoms with Gasteiger partial charge in [-0.2, -0.15) is 0 Å². The Morgan fingerprint density at radius 2 is 1.04 bits per heavy atom. The van der Waals surface area contributed by atoms with Gasteiger partial charge in [-0.3, -0.25) is 0 Å². The summed E-state index contributed by atoms with van der Waals surface area (Å²) < 4.78 is 9.14. The molecule has 0 aliphatic heterocycles. The fourth-order valence-corrected chi connectivity index (χ4v) is 8.18. The standard InChI is InChI=1S/C52H34N4O/c1-5-15-34(16-6-1)29-49-53-51(37-21-11-4-12-22-37)55-52(54-49)44-30-39(36-19-9-3-10-20-36)32-48-50(44)43-33-40(26-28-47(43)57-48)56-45-24-14-13-23-41(45)42-27-25-38(31-46(42)56)35-17-7-2-8-18-35/h1-28,30-33H,29H2. The van der Waals surface area contributed by atoms with Gasteiger partial charge in [0, 0.05) is 44.8 Å². The van der Waals surface area contributed by atoms with E-state index in [1.54, 1.807) is 0 Å². The molecule has 5 nitrogen and oxygen atoms in total. The zero-order valence-electron chi connectivity index (χ0n) is 30.9. The van der Waals surface area contributed by atoms with E-state index in [9.17, 15) is 0 Å². The second kappa shape index (κ2) is 13.6. The lowest BCUT2D eigenvalue weighted by Gasteiger charge is -2.12. The number of benzene rings is 8. The van der Waals surface area contributed by atoms with Gasteiger partial charge in [0.2, 0.25) is 0 Å². The van der Waals surface area contributed by atoms with Crippen molar-refractivity contribution < 1.29 is 4.42 Å². The first-order valence-electron chi connectivity index (χ1n) is 19.2. The predicted octanol–water partition coefficient (Wildman–Crippen LogP) is 13.1. The quantitative estimate of drug-likeness (QED) is 0.164. The second-order valence-electron chi connectivity index (χ2n) is 14.4. The van der Waals surface area contributed by atoms with Crippen molar-refractivity contribution in [1.29, 1.82) is 0 Å². The van der Waals surface area contributed by atoms with Crippen molar-refractivity contribution in [3.8, 4) is 50.7 Å². The molecule has 0 N–H and O–H groups in total. The minimum atomic E-state index is 0.576. The maximum absolute atomic E-state index is 6.76. The smallest absolute Gasteiger partial charge is 0.164 e. The van der Waals surface area contributed by atoms with Crippen molar-refractivity contribution in [3.05, 3.63) is 206 Å². The maximum Gasteiger partial charge on any atom is 0.164 e. The van der Waals surface area contributed by atoms with Crippen LogP contribution < -0.4 is 0 Å². The molecule has 0 radical (unpaired) electrons. The molecule has 0 unspecified atom stereocenters. The van der Waals surface area contributed by atoms with Crippen LogP contribution in [0, 0.1) is 0 Å². The van der Waals surface area contributed by atoms with Gasteiger partial charge in [0.25, 0.3) is 0 Å². The Balaban J connectivity index is 1.17. The monoisotopic (exact) mass is 730 g/mol. The van der Waals surface area contributed by atoms with Crippen molar-refractivity contribution >= 4 is 43.7 Å². The van der Waals surface area contributed by atoms with Gasteiger partial charge in [-0.1, -0.05) is 152 Å². The van der Waals surface area contributed by atoms with Gasteiger partial charge in [-0.15, -0.1) is 0 Å². The van der Waals surface area contributed by atoms with Crippen molar-refractivity contribution in [2.24, 2.45) is 0 Å². The highest BCUT2D eigenvalue weighted by atomic mass is 16.3. The number of fused-ring (bicyclic) bond motifs is 6. The number of para-hydroxylation sites is 1. The molecule has 8 aromatic carbocycles. The van der Waals surface area contributed by atoms with E-state index in [0.717, 1.165) is 66.5 Å². The summed E-state index contributed by atoms with van der Waals surface area (Å²) in [7, 11) is 0. The Labute approximate surface area is 329 Å². The normalized spacial score (nSPS) is 11.6. The first-order chi connectivity index (χ1) is 28.2. The van der Waals surface area contributed by atoms with Crippen LogP contribution in [0.2, 0.25) is 0 Å². The van der Waals surface area contributed by atoms with Crippen LogP contribution in [-0.2, 0) is 6.42 Å². The summed E-state index contributed by atoms with van der Waals surface area (Å²) in [6.45, 7) is 0. The van der Waals surface area contributed by atoms with Crippen LogP contribution in [0.5, 0.6) is 0 Å². The molecule has 5 heteroatoms. The fraction of sp³-hybridized carbons (Fsp3) is 0.0192. The van der Waals surface area contributed by atoms with Gasteiger partial charge in [0.05, 0.1) is 11.0 Å². The van der Waals surface area contributed by atoms with E-state index >= 15 is 0 Å². The van der Waals surface area contributed by atoms with E-state index in [1.807, 2.05) is 30.3 Å². The Morgan fingerprint density at radius 3 is 1.79 bits per heavy atom. The summed E-state index contributed by atoms with van der Waals surface area (Å²) in [6, 6.07) is 67.8. The second-order valence-corrected chi connectivity index (χ2v) is 14.4. The largest absolute Gasteiger partial charge is 0.456 e. The summed E-state index contributed by atoms with van der Waals surface area (Å²) in [4.78, 5) is 15.5. The molecule has 268 valence electrons. The Morgan fingerprint density at radius 1 is 0.404 bits per heavy atom. The molecule has 0 amide bonds. The molecule has 11 aromatic rings. The maximum atomic E-state index is 6.76. The lowest BCUT2D eigenvalue weighted by atomic mass is 9.98. The van der Waals surface area contributed by atoms with Crippen molar-refractivity contribution in [1.82, 2.24) is 19.5 Å². The molecule has 0 saturated heterocycles. The Hall–Kier alpha value is -7.63. The van der Waals surface area contributed by atoms with E-state index < -0.39 is 0 Å². The summed E-state index contributed by atoms with van der Waals surface area (Å²) >= 11 is 0. The summed E-state index contributed by atoms with van der Waals surface area (Å²) in [5, 5.41) is 4.38. The van der Waals surface area contributed by atoms with Crippen molar-refractivity contribution in [2.45, 2.75) is 6.42 Å². The van der Waals surface area contributed by atoms with Crippen LogP contribution in [0.15, 0.2) is 199 Å². The zero-order chi connectivity index (χ0) is 37.7. The molecule has 0 fully saturated rings. The van der Waals surface area contributed by atoms with E-state index in [-0.39, 0.29) is 0 Å². The average molecular weight is 731 g/mol. The van der Waals surface area contributed by atoms with Gasteiger partial charge in [0.15, 0.2) is 11.6 Å². The average Bonchev–Trinajstić information content (AvgIpc) is 3.82. The molecule has 0 atom stereocenters. The Kier molecular flexibility index (Phi) is 7.81. The van der Waals surface area contributed by atoms with Gasteiger partial charge in [-0.25, -0.2) is 15.0 Å². The molecule has 3 aromatic heterocycles. The fourth-order valence-electron chi connectivity index (χ4n) is 8.18. The minimum Gasteiger partial charge on any atom is -0.456 e. The third-order valence-electron chi connectivity index (χ3n) is 10.9. The molecule has 11 rings (SSSR count). The van der Waals surface area contributed by atoms with Gasteiger partial charge < -0.3 is 8.98 Å². The number of furan rings is 1. The highest BCUT2D eigenvalue weighted by molar-refractivity contribution is 6.15. The van der Waals surface area contributed by atoms with Crippen molar-refractivity contribution in [2.75, 3.05) is 0 Å². The minimum absolute atomic E-state index is 0.576. The number of aromatic nitrogens is 4. The van der Waals surface area contributed by atoms with Crippen LogP contribution in [0.25, 0.3) is 94.5 Å². The van der Waals surface area contributed by atoms with Gasteiger partial charge in [0.1, 0.15) is 17.0 Å². The Bertz CT molecular complexity index is 3240. The van der Waals surface area contributed by atoms with Crippen LogP contribution in [-0.4, -0.2) is 19.5 Å².